The molecule has 2 N–H and O–H groups in total. The highest BCUT2D eigenvalue weighted by Crippen LogP contribution is 2.24. The van der Waals surface area contributed by atoms with Crippen LogP contribution in [0.5, 0.6) is 0 Å². The number of aromatic nitrogens is 1. The van der Waals surface area contributed by atoms with E-state index in [1.54, 1.807) is 12.1 Å². The fourth-order valence-electron chi connectivity index (χ4n) is 3.77. The number of carboxylic acid groups (broad SMARTS) is 1. The number of rotatable bonds is 8. The minimum atomic E-state index is -0.920. The molecule has 29 heavy (non-hydrogen) atoms. The van der Waals surface area contributed by atoms with Gasteiger partial charge in [0, 0.05) is 36.6 Å². The zero-order valence-corrected chi connectivity index (χ0v) is 17.1. The number of carboxylic acids is 1. The number of aromatic carboxylic acids is 1. The van der Waals surface area contributed by atoms with Gasteiger partial charge in [-0.2, -0.15) is 0 Å². The van der Waals surface area contributed by atoms with Gasteiger partial charge < -0.3 is 15.0 Å². The van der Waals surface area contributed by atoms with Gasteiger partial charge in [0.1, 0.15) is 5.82 Å². The second-order valence-corrected chi connectivity index (χ2v) is 7.48. The zero-order chi connectivity index (χ0) is 21.0. The summed E-state index contributed by atoms with van der Waals surface area (Å²) in [4.78, 5) is 11.9. The average molecular weight is 394 g/mol. The Morgan fingerprint density at radius 3 is 2.34 bits per heavy atom. The third kappa shape index (κ3) is 4.74. The van der Waals surface area contributed by atoms with E-state index in [1.807, 2.05) is 36.6 Å². The topological polar surface area (TPSA) is 54.3 Å². The van der Waals surface area contributed by atoms with Crippen molar-refractivity contribution in [3.8, 4) is 0 Å². The minimum Gasteiger partial charge on any atom is -0.478 e. The fourth-order valence-corrected chi connectivity index (χ4v) is 3.77. The summed E-state index contributed by atoms with van der Waals surface area (Å²) in [5.41, 5.74) is 4.97. The molecule has 4 nitrogen and oxygen atoms in total. The molecule has 1 atom stereocenters. The first-order valence-corrected chi connectivity index (χ1v) is 9.80. The van der Waals surface area contributed by atoms with Crippen LogP contribution in [0, 0.1) is 19.7 Å². The molecular formula is C24H27FN2O2. The van der Waals surface area contributed by atoms with Crippen molar-refractivity contribution in [1.29, 1.82) is 0 Å². The van der Waals surface area contributed by atoms with E-state index in [0.717, 1.165) is 23.4 Å². The molecule has 2 aromatic carbocycles. The van der Waals surface area contributed by atoms with Crippen LogP contribution in [0.2, 0.25) is 0 Å². The number of halogens is 1. The van der Waals surface area contributed by atoms with Crippen molar-refractivity contribution in [3.63, 3.8) is 0 Å². The van der Waals surface area contributed by atoms with Crippen LogP contribution in [0.4, 0.5) is 4.39 Å². The number of nitrogens with one attached hydrogen (secondary N) is 1. The van der Waals surface area contributed by atoms with Gasteiger partial charge in [0.25, 0.3) is 0 Å². The minimum absolute atomic E-state index is 0.279. The monoisotopic (exact) mass is 394 g/mol. The van der Waals surface area contributed by atoms with E-state index < -0.39 is 5.97 Å². The van der Waals surface area contributed by atoms with Crippen LogP contribution in [-0.2, 0) is 13.1 Å². The zero-order valence-electron chi connectivity index (χ0n) is 17.1. The first kappa shape index (κ1) is 20.8. The van der Waals surface area contributed by atoms with Gasteiger partial charge >= 0.3 is 5.97 Å². The Hall–Kier alpha value is -2.92. The van der Waals surface area contributed by atoms with Crippen LogP contribution in [0.15, 0.2) is 54.6 Å². The Balaban J connectivity index is 1.78. The highest BCUT2D eigenvalue weighted by atomic mass is 19.1. The fraction of sp³-hybridized carbons (Fsp3) is 0.292. The Morgan fingerprint density at radius 2 is 1.72 bits per heavy atom. The van der Waals surface area contributed by atoms with Crippen molar-refractivity contribution in [2.24, 2.45) is 0 Å². The molecule has 3 aromatic rings. The molecule has 0 aliphatic heterocycles. The normalized spacial score (nSPS) is 12.1. The van der Waals surface area contributed by atoms with Crippen molar-refractivity contribution < 1.29 is 14.3 Å². The molecule has 0 aliphatic carbocycles. The molecule has 5 heteroatoms. The third-order valence-electron chi connectivity index (χ3n) is 5.50. The number of carbonyl (C=O) groups is 1. The molecule has 0 unspecified atom stereocenters. The van der Waals surface area contributed by atoms with Crippen LogP contribution in [0.25, 0.3) is 0 Å². The lowest BCUT2D eigenvalue weighted by atomic mass is 10.0. The Kier molecular flexibility index (Phi) is 6.49. The Bertz CT molecular complexity index is 978. The number of nitrogens with zero attached hydrogens (tertiary/aromatic N) is 1. The van der Waals surface area contributed by atoms with Gasteiger partial charge in [0.05, 0.1) is 5.56 Å². The summed E-state index contributed by atoms with van der Waals surface area (Å²) in [6, 6.07) is 16.6. The highest BCUT2D eigenvalue weighted by molar-refractivity contribution is 5.91. The van der Waals surface area contributed by atoms with Crippen molar-refractivity contribution in [3.05, 3.63) is 94.1 Å². The molecule has 0 radical (unpaired) electrons. The van der Waals surface area contributed by atoms with Gasteiger partial charge in [0.15, 0.2) is 0 Å². The summed E-state index contributed by atoms with van der Waals surface area (Å²) in [6.07, 6.45) is 0. The Morgan fingerprint density at radius 1 is 1.07 bits per heavy atom. The molecule has 0 saturated heterocycles. The molecule has 0 amide bonds. The number of hydrogen-bond acceptors (Lipinski definition) is 2. The molecule has 152 valence electrons. The first-order valence-electron chi connectivity index (χ1n) is 9.80. The maximum atomic E-state index is 13.2. The van der Waals surface area contributed by atoms with Gasteiger partial charge in [-0.05, 0) is 43.0 Å². The Labute approximate surface area is 171 Å². The molecule has 0 fully saturated rings. The highest BCUT2D eigenvalue weighted by Gasteiger charge is 2.22. The average Bonchev–Trinajstić information content (AvgIpc) is 2.94. The van der Waals surface area contributed by atoms with E-state index in [0.29, 0.717) is 30.3 Å². The van der Waals surface area contributed by atoms with Crippen molar-refractivity contribution in [1.82, 2.24) is 9.88 Å². The predicted octanol–water partition coefficient (Wildman–Crippen LogP) is 4.88. The van der Waals surface area contributed by atoms with Crippen molar-refractivity contribution in [2.75, 3.05) is 6.54 Å². The summed E-state index contributed by atoms with van der Waals surface area (Å²) in [6.45, 7) is 7.68. The molecule has 0 aliphatic rings. The van der Waals surface area contributed by atoms with Gasteiger partial charge in [-0.3, -0.25) is 0 Å². The molecule has 0 saturated carbocycles. The summed E-state index contributed by atoms with van der Waals surface area (Å²) >= 11 is 0. The van der Waals surface area contributed by atoms with E-state index in [-0.39, 0.29) is 5.82 Å². The van der Waals surface area contributed by atoms with Gasteiger partial charge in [-0.25, -0.2) is 9.18 Å². The van der Waals surface area contributed by atoms with Gasteiger partial charge in [-0.15, -0.1) is 0 Å². The quantitative estimate of drug-likeness (QED) is 0.572. The second-order valence-electron chi connectivity index (χ2n) is 7.48. The van der Waals surface area contributed by atoms with Crippen LogP contribution < -0.4 is 5.32 Å². The smallest absolute Gasteiger partial charge is 0.337 e. The maximum Gasteiger partial charge on any atom is 0.337 e. The van der Waals surface area contributed by atoms with Crippen molar-refractivity contribution in [2.45, 2.75) is 39.8 Å². The van der Waals surface area contributed by atoms with E-state index in [9.17, 15) is 14.3 Å². The predicted molar refractivity (Wildman–Crippen MR) is 113 cm³/mol. The standard InChI is InChI=1S/C24H27FN2O2/c1-16(20-7-5-4-6-8-20)13-26-14-22-17(2)27(18(3)23(22)24(28)29)15-19-9-11-21(25)12-10-19/h4-12,16,26H,13-15H2,1-3H3,(H,28,29)/t16-/m1/s1. The molecule has 1 heterocycles. The van der Waals surface area contributed by atoms with Crippen molar-refractivity contribution >= 4 is 5.97 Å². The van der Waals surface area contributed by atoms with Crippen LogP contribution >= 0.6 is 0 Å². The summed E-state index contributed by atoms with van der Waals surface area (Å²) < 4.78 is 15.2. The van der Waals surface area contributed by atoms with E-state index in [2.05, 4.69) is 24.4 Å². The molecule has 0 bridgehead atoms. The molecular weight excluding hydrogens is 367 g/mol. The molecule has 1 aromatic heterocycles. The lowest BCUT2D eigenvalue weighted by Crippen LogP contribution is -2.21. The summed E-state index contributed by atoms with van der Waals surface area (Å²) in [7, 11) is 0. The van der Waals surface area contributed by atoms with E-state index in [1.165, 1.54) is 17.7 Å². The molecule has 3 rings (SSSR count). The van der Waals surface area contributed by atoms with Crippen LogP contribution in [0.3, 0.4) is 0 Å². The third-order valence-corrected chi connectivity index (χ3v) is 5.50. The summed E-state index contributed by atoms with van der Waals surface area (Å²) in [5.74, 6) is -0.873. The SMILES string of the molecule is Cc1c(CNC[C@@H](C)c2ccccc2)c(C(=O)O)c(C)n1Cc1ccc(F)cc1. The largest absolute Gasteiger partial charge is 0.478 e. The van der Waals surface area contributed by atoms with Gasteiger partial charge in [-0.1, -0.05) is 49.4 Å². The lowest BCUT2D eigenvalue weighted by molar-refractivity contribution is 0.0694. The lowest BCUT2D eigenvalue weighted by Gasteiger charge is -2.14. The van der Waals surface area contributed by atoms with E-state index >= 15 is 0 Å². The van der Waals surface area contributed by atoms with Gasteiger partial charge in [0.2, 0.25) is 0 Å². The number of hydrogen-bond donors (Lipinski definition) is 2. The first-order chi connectivity index (χ1) is 13.9. The number of benzene rings is 2. The maximum absolute atomic E-state index is 13.2. The molecule has 0 spiro atoms. The van der Waals surface area contributed by atoms with E-state index in [4.69, 9.17) is 0 Å². The summed E-state index contributed by atoms with van der Waals surface area (Å²) in [5, 5.41) is 13.2. The van der Waals surface area contributed by atoms with Crippen LogP contribution in [-0.4, -0.2) is 22.2 Å². The second kappa shape index (κ2) is 9.05. The van der Waals surface area contributed by atoms with Crippen LogP contribution in [0.1, 0.15) is 51.3 Å².